The molecule has 1 atom stereocenters. The molecule has 1 unspecified atom stereocenters. The van der Waals surface area contributed by atoms with Crippen LogP contribution >= 0.6 is 0 Å². The molecular weight excluding hydrogens is 288 g/mol. The van der Waals surface area contributed by atoms with Gasteiger partial charge in [0.25, 0.3) is 0 Å². The zero-order chi connectivity index (χ0) is 16.2. The fourth-order valence-corrected chi connectivity index (χ4v) is 2.95. The number of aliphatic hydroxyl groups is 1. The van der Waals surface area contributed by atoms with Crippen molar-refractivity contribution in [1.29, 1.82) is 0 Å². The van der Waals surface area contributed by atoms with Crippen molar-refractivity contribution >= 4 is 0 Å². The highest BCUT2D eigenvalue weighted by Gasteiger charge is 2.29. The van der Waals surface area contributed by atoms with Gasteiger partial charge < -0.3 is 9.67 Å². The molecule has 5 heteroatoms. The van der Waals surface area contributed by atoms with Crippen LogP contribution in [0.2, 0.25) is 0 Å². The maximum Gasteiger partial charge on any atom is 0.146 e. The molecule has 1 fully saturated rings. The molecule has 0 amide bonds. The molecular formula is C18H26N4O. The molecule has 0 saturated heterocycles. The molecule has 1 N–H and O–H groups in total. The largest absolute Gasteiger partial charge is 0.396 e. The Bertz CT molecular complexity index is 621. The first kappa shape index (κ1) is 16.1. The van der Waals surface area contributed by atoms with Gasteiger partial charge in [0.05, 0.1) is 6.54 Å². The van der Waals surface area contributed by atoms with E-state index in [2.05, 4.69) is 57.9 Å². The van der Waals surface area contributed by atoms with Gasteiger partial charge >= 0.3 is 0 Å². The predicted molar refractivity (Wildman–Crippen MR) is 89.8 cm³/mol. The lowest BCUT2D eigenvalue weighted by Crippen LogP contribution is -2.33. The second-order valence-corrected chi connectivity index (χ2v) is 6.56. The third-order valence-corrected chi connectivity index (χ3v) is 4.68. The Morgan fingerprint density at radius 1 is 1.22 bits per heavy atom. The summed E-state index contributed by atoms with van der Waals surface area (Å²) in [5.41, 5.74) is 1.28. The van der Waals surface area contributed by atoms with E-state index in [0.29, 0.717) is 12.0 Å². The van der Waals surface area contributed by atoms with Crippen molar-refractivity contribution < 1.29 is 5.11 Å². The van der Waals surface area contributed by atoms with Gasteiger partial charge in [0.15, 0.2) is 0 Å². The van der Waals surface area contributed by atoms with Crippen molar-refractivity contribution in [1.82, 2.24) is 19.7 Å². The van der Waals surface area contributed by atoms with Crippen molar-refractivity contribution in [3.05, 3.63) is 47.5 Å². The Balaban J connectivity index is 1.75. The van der Waals surface area contributed by atoms with Gasteiger partial charge in [0.1, 0.15) is 11.6 Å². The third kappa shape index (κ3) is 3.98. The summed E-state index contributed by atoms with van der Waals surface area (Å²) in [5, 5.41) is 18.1. The number of nitrogens with zero attached hydrogens (tertiary/aromatic N) is 4. The molecule has 5 nitrogen and oxygen atoms in total. The number of benzene rings is 1. The number of rotatable bonds is 8. The SMILES string of the molecule is CC(CCO)N(Cc1ccccc1)Cc1nnc(C2CC2)n1C. The highest BCUT2D eigenvalue weighted by Crippen LogP contribution is 2.38. The number of aromatic nitrogens is 3. The molecule has 1 aliphatic rings. The molecule has 1 aromatic heterocycles. The van der Waals surface area contributed by atoms with Gasteiger partial charge in [0, 0.05) is 32.2 Å². The molecule has 0 radical (unpaired) electrons. The fourth-order valence-electron chi connectivity index (χ4n) is 2.95. The predicted octanol–water partition coefficient (Wildman–Crippen LogP) is 2.47. The van der Waals surface area contributed by atoms with E-state index < -0.39 is 0 Å². The van der Waals surface area contributed by atoms with Crippen molar-refractivity contribution in [2.24, 2.45) is 7.05 Å². The molecule has 1 aliphatic carbocycles. The van der Waals surface area contributed by atoms with Gasteiger partial charge in [0.2, 0.25) is 0 Å². The van der Waals surface area contributed by atoms with Crippen molar-refractivity contribution in [3.63, 3.8) is 0 Å². The van der Waals surface area contributed by atoms with Crippen LogP contribution in [0.5, 0.6) is 0 Å². The molecule has 0 bridgehead atoms. The summed E-state index contributed by atoms with van der Waals surface area (Å²) in [6.07, 6.45) is 3.24. The minimum absolute atomic E-state index is 0.207. The zero-order valence-electron chi connectivity index (χ0n) is 14.0. The molecule has 0 spiro atoms. The summed E-state index contributed by atoms with van der Waals surface area (Å²) in [6.45, 7) is 3.98. The van der Waals surface area contributed by atoms with E-state index in [-0.39, 0.29) is 6.61 Å². The normalized spacial score (nSPS) is 16.0. The molecule has 3 rings (SSSR count). The summed E-state index contributed by atoms with van der Waals surface area (Å²) in [7, 11) is 2.07. The van der Waals surface area contributed by atoms with Crippen molar-refractivity contribution in [2.45, 2.75) is 51.2 Å². The summed E-state index contributed by atoms with van der Waals surface area (Å²) >= 11 is 0. The number of aliphatic hydroxyl groups excluding tert-OH is 1. The first-order valence-electron chi connectivity index (χ1n) is 8.46. The number of hydrogen-bond acceptors (Lipinski definition) is 4. The smallest absolute Gasteiger partial charge is 0.146 e. The van der Waals surface area contributed by atoms with E-state index in [4.69, 9.17) is 0 Å². The topological polar surface area (TPSA) is 54.2 Å². The standard InChI is InChI=1S/C18H26N4O/c1-14(10-11-23)22(12-15-6-4-3-5-7-15)13-17-19-20-18(21(17)2)16-8-9-16/h3-7,14,16,23H,8-13H2,1-2H3. The van der Waals surface area contributed by atoms with Gasteiger partial charge in [-0.15, -0.1) is 10.2 Å². The molecule has 1 aromatic carbocycles. The van der Waals surface area contributed by atoms with E-state index in [1.807, 2.05) is 6.07 Å². The van der Waals surface area contributed by atoms with Crippen molar-refractivity contribution in [2.75, 3.05) is 6.61 Å². The Hall–Kier alpha value is -1.72. The van der Waals surface area contributed by atoms with E-state index >= 15 is 0 Å². The highest BCUT2D eigenvalue weighted by atomic mass is 16.3. The van der Waals surface area contributed by atoms with Crippen LogP contribution in [-0.4, -0.2) is 37.4 Å². The molecule has 1 heterocycles. The van der Waals surface area contributed by atoms with E-state index in [1.54, 1.807) is 0 Å². The minimum Gasteiger partial charge on any atom is -0.396 e. The second kappa shape index (κ2) is 7.23. The summed E-state index contributed by atoms with van der Waals surface area (Å²) < 4.78 is 2.15. The lowest BCUT2D eigenvalue weighted by molar-refractivity contribution is 0.149. The first-order valence-corrected chi connectivity index (χ1v) is 8.46. The van der Waals surface area contributed by atoms with Crippen LogP contribution in [0.1, 0.15) is 49.3 Å². The molecule has 1 saturated carbocycles. The van der Waals surface area contributed by atoms with Crippen LogP contribution in [0.25, 0.3) is 0 Å². The zero-order valence-corrected chi connectivity index (χ0v) is 14.0. The lowest BCUT2D eigenvalue weighted by atomic mass is 10.1. The summed E-state index contributed by atoms with van der Waals surface area (Å²) in [6, 6.07) is 10.8. The number of hydrogen-bond donors (Lipinski definition) is 1. The van der Waals surface area contributed by atoms with Crippen LogP contribution in [-0.2, 0) is 20.1 Å². The Kier molecular flexibility index (Phi) is 5.08. The fraction of sp³-hybridized carbons (Fsp3) is 0.556. The van der Waals surface area contributed by atoms with E-state index in [9.17, 15) is 5.11 Å². The van der Waals surface area contributed by atoms with Gasteiger partial charge in [-0.3, -0.25) is 4.90 Å². The van der Waals surface area contributed by atoms with Crippen molar-refractivity contribution in [3.8, 4) is 0 Å². The van der Waals surface area contributed by atoms with Gasteiger partial charge in [-0.2, -0.15) is 0 Å². The Morgan fingerprint density at radius 3 is 2.61 bits per heavy atom. The monoisotopic (exact) mass is 314 g/mol. The highest BCUT2D eigenvalue weighted by molar-refractivity contribution is 5.15. The van der Waals surface area contributed by atoms with Gasteiger partial charge in [-0.1, -0.05) is 30.3 Å². The maximum absolute atomic E-state index is 9.30. The van der Waals surface area contributed by atoms with Crippen LogP contribution in [0.15, 0.2) is 30.3 Å². The third-order valence-electron chi connectivity index (χ3n) is 4.68. The van der Waals surface area contributed by atoms with Crippen LogP contribution < -0.4 is 0 Å². The second-order valence-electron chi connectivity index (χ2n) is 6.56. The summed E-state index contributed by atoms with van der Waals surface area (Å²) in [5.74, 6) is 2.74. The maximum atomic E-state index is 9.30. The lowest BCUT2D eigenvalue weighted by Gasteiger charge is -2.28. The quantitative estimate of drug-likeness (QED) is 0.813. The Morgan fingerprint density at radius 2 is 1.96 bits per heavy atom. The Labute approximate surface area is 138 Å². The van der Waals surface area contributed by atoms with Crippen LogP contribution in [0.3, 0.4) is 0 Å². The van der Waals surface area contributed by atoms with E-state index in [0.717, 1.165) is 31.2 Å². The van der Waals surface area contributed by atoms with Gasteiger partial charge in [-0.05, 0) is 31.7 Å². The first-order chi connectivity index (χ1) is 11.2. The van der Waals surface area contributed by atoms with Crippen LogP contribution in [0, 0.1) is 0 Å². The average molecular weight is 314 g/mol. The molecule has 2 aromatic rings. The van der Waals surface area contributed by atoms with E-state index in [1.165, 1.54) is 18.4 Å². The molecule has 23 heavy (non-hydrogen) atoms. The van der Waals surface area contributed by atoms with Crippen LogP contribution in [0.4, 0.5) is 0 Å². The average Bonchev–Trinajstić information content (AvgIpc) is 3.33. The molecule has 124 valence electrons. The minimum atomic E-state index is 0.207. The van der Waals surface area contributed by atoms with Gasteiger partial charge in [-0.25, -0.2) is 0 Å². The molecule has 0 aliphatic heterocycles. The summed E-state index contributed by atoms with van der Waals surface area (Å²) in [4.78, 5) is 2.37.